The highest BCUT2D eigenvalue weighted by atomic mass is 35.5. The predicted octanol–water partition coefficient (Wildman–Crippen LogP) is 6.70. The molecule has 0 fully saturated rings. The second kappa shape index (κ2) is 14.6. The Hall–Kier alpha value is -3.83. The minimum absolute atomic E-state index is 0.119. The third kappa shape index (κ3) is 7.40. The lowest BCUT2D eigenvalue weighted by molar-refractivity contribution is 0.0505. The van der Waals surface area contributed by atoms with Crippen molar-refractivity contribution in [1.82, 2.24) is 0 Å². The number of benzene rings is 3. The van der Waals surface area contributed by atoms with E-state index in [0.717, 1.165) is 5.56 Å². The Morgan fingerprint density at radius 3 is 2.09 bits per heavy atom. The Morgan fingerprint density at radius 1 is 0.884 bits per heavy atom. The molecule has 2 aliphatic rings. The summed E-state index contributed by atoms with van der Waals surface area (Å²) >= 11 is 11.7. The van der Waals surface area contributed by atoms with Crippen LogP contribution in [0.2, 0.25) is 10.0 Å². The summed E-state index contributed by atoms with van der Waals surface area (Å²) in [5, 5.41) is 2.69. The van der Waals surface area contributed by atoms with E-state index >= 15 is 0 Å². The predicted molar refractivity (Wildman–Crippen MR) is 157 cm³/mol. The number of hydrogen-bond acceptors (Lipinski definition) is 8. The fourth-order valence-corrected chi connectivity index (χ4v) is 4.90. The molecule has 5 rings (SSSR count). The van der Waals surface area contributed by atoms with Gasteiger partial charge in [0.25, 0.3) is 0 Å². The van der Waals surface area contributed by atoms with Gasteiger partial charge in [-0.15, -0.1) is 0 Å². The summed E-state index contributed by atoms with van der Waals surface area (Å²) < 4.78 is 61.8. The first-order chi connectivity index (χ1) is 20.7. The van der Waals surface area contributed by atoms with Crippen LogP contribution in [-0.2, 0) is 15.9 Å². The molecular weight excluding hydrogens is 612 g/mol. The van der Waals surface area contributed by atoms with Gasteiger partial charge < -0.3 is 29.2 Å². The van der Waals surface area contributed by atoms with Gasteiger partial charge in [0.1, 0.15) is 30.2 Å². The summed E-state index contributed by atoms with van der Waals surface area (Å²) in [6.07, 6.45) is 0.656. The molecular formula is C30H29Cl2F3N2O6. The monoisotopic (exact) mass is 640 g/mol. The molecule has 0 amide bonds. The van der Waals surface area contributed by atoms with Crippen LogP contribution < -0.4 is 19.7 Å². The molecule has 2 heterocycles. The number of fused-ring (bicyclic) bond motifs is 2. The van der Waals surface area contributed by atoms with Crippen LogP contribution in [0.3, 0.4) is 0 Å². The summed E-state index contributed by atoms with van der Waals surface area (Å²) in [5.74, 6) is -3.20. The number of carbonyl (C=O) groups is 2. The van der Waals surface area contributed by atoms with Crippen molar-refractivity contribution in [3.8, 4) is 11.5 Å². The Labute approximate surface area is 256 Å². The quantitative estimate of drug-likeness (QED) is 0.286. The number of nitrogens with one attached hydrogen (secondary N) is 1. The van der Waals surface area contributed by atoms with Crippen molar-refractivity contribution in [1.29, 1.82) is 0 Å². The molecule has 0 saturated heterocycles. The maximum Gasteiger partial charge on any atom is 0.345 e. The number of hydrogen-bond donors (Lipinski definition) is 1. The zero-order chi connectivity index (χ0) is 31.1. The molecule has 43 heavy (non-hydrogen) atoms. The summed E-state index contributed by atoms with van der Waals surface area (Å²) in [5.41, 5.74) is 1.50. The SMILES string of the molecule is CCOC(=O)c1c(F)c(Cl)cc2c1OCCN2.CCOC(=O)c1c(F)c(Cl)cc2c1OCCN2CCc1ccc(F)cc1. The van der Waals surface area contributed by atoms with E-state index in [4.69, 9.17) is 42.1 Å². The van der Waals surface area contributed by atoms with Crippen molar-refractivity contribution in [2.75, 3.05) is 56.3 Å². The maximum absolute atomic E-state index is 14.4. The Morgan fingerprint density at radius 2 is 1.47 bits per heavy atom. The molecule has 3 aromatic carbocycles. The first-order valence-corrected chi connectivity index (χ1v) is 14.3. The Balaban J connectivity index is 0.000000215. The van der Waals surface area contributed by atoms with E-state index in [0.29, 0.717) is 50.6 Å². The number of anilines is 2. The summed E-state index contributed by atoms with van der Waals surface area (Å²) in [7, 11) is 0. The number of halogens is 5. The van der Waals surface area contributed by atoms with Crippen molar-refractivity contribution in [2.24, 2.45) is 0 Å². The number of rotatable bonds is 7. The van der Waals surface area contributed by atoms with Gasteiger partial charge in [-0.25, -0.2) is 22.8 Å². The van der Waals surface area contributed by atoms with Gasteiger partial charge in [-0.1, -0.05) is 35.3 Å². The molecule has 0 radical (unpaired) electrons. The fraction of sp³-hybridized carbons (Fsp3) is 0.333. The van der Waals surface area contributed by atoms with E-state index < -0.39 is 23.6 Å². The highest BCUT2D eigenvalue weighted by Crippen LogP contribution is 2.41. The Kier molecular flexibility index (Phi) is 10.9. The van der Waals surface area contributed by atoms with Gasteiger partial charge in [0.2, 0.25) is 0 Å². The van der Waals surface area contributed by atoms with Gasteiger partial charge >= 0.3 is 11.9 Å². The average molecular weight is 641 g/mol. The smallest absolute Gasteiger partial charge is 0.345 e. The van der Waals surface area contributed by atoms with Gasteiger partial charge in [-0.2, -0.15) is 0 Å². The summed E-state index contributed by atoms with van der Waals surface area (Å²) in [4.78, 5) is 25.8. The van der Waals surface area contributed by atoms with Crippen LogP contribution in [0.15, 0.2) is 36.4 Å². The molecule has 0 spiro atoms. The lowest BCUT2D eigenvalue weighted by Crippen LogP contribution is -2.35. The van der Waals surface area contributed by atoms with Crippen LogP contribution in [0.1, 0.15) is 40.1 Å². The third-order valence-electron chi connectivity index (χ3n) is 6.48. The largest absolute Gasteiger partial charge is 0.489 e. The second-order valence-corrected chi connectivity index (χ2v) is 10.1. The van der Waals surface area contributed by atoms with E-state index in [1.807, 2.05) is 4.90 Å². The lowest BCUT2D eigenvalue weighted by Gasteiger charge is -2.32. The van der Waals surface area contributed by atoms with Crippen LogP contribution in [0.25, 0.3) is 0 Å². The number of carbonyl (C=O) groups excluding carboxylic acids is 2. The molecule has 0 bridgehead atoms. The number of esters is 2. The van der Waals surface area contributed by atoms with Crippen molar-refractivity contribution < 1.29 is 41.7 Å². The van der Waals surface area contributed by atoms with Gasteiger partial charge in [-0.05, 0) is 50.1 Å². The maximum atomic E-state index is 14.4. The second-order valence-electron chi connectivity index (χ2n) is 9.25. The summed E-state index contributed by atoms with van der Waals surface area (Å²) in [6, 6.07) is 9.12. The van der Waals surface area contributed by atoms with Crippen LogP contribution in [-0.4, -0.2) is 58.0 Å². The minimum atomic E-state index is -0.843. The number of nitrogens with zero attached hydrogens (tertiary/aromatic N) is 1. The van der Waals surface area contributed by atoms with E-state index in [-0.39, 0.29) is 51.7 Å². The van der Waals surface area contributed by atoms with Crippen molar-refractivity contribution in [3.63, 3.8) is 0 Å². The van der Waals surface area contributed by atoms with E-state index in [2.05, 4.69) is 5.32 Å². The molecule has 8 nitrogen and oxygen atoms in total. The van der Waals surface area contributed by atoms with Crippen molar-refractivity contribution in [2.45, 2.75) is 20.3 Å². The lowest BCUT2D eigenvalue weighted by atomic mass is 10.1. The molecule has 0 atom stereocenters. The molecule has 230 valence electrons. The highest BCUT2D eigenvalue weighted by molar-refractivity contribution is 6.32. The van der Waals surface area contributed by atoms with Crippen LogP contribution in [0.4, 0.5) is 24.5 Å². The van der Waals surface area contributed by atoms with Crippen LogP contribution >= 0.6 is 23.2 Å². The van der Waals surface area contributed by atoms with Gasteiger partial charge in [-0.3, -0.25) is 0 Å². The molecule has 0 unspecified atom stereocenters. The molecule has 2 aliphatic heterocycles. The topological polar surface area (TPSA) is 86.3 Å². The molecule has 0 saturated carbocycles. The van der Waals surface area contributed by atoms with Crippen LogP contribution in [0.5, 0.6) is 11.5 Å². The van der Waals surface area contributed by atoms with Crippen molar-refractivity contribution in [3.05, 3.63) is 80.6 Å². The zero-order valence-corrected chi connectivity index (χ0v) is 24.9. The van der Waals surface area contributed by atoms with E-state index in [1.165, 1.54) is 24.3 Å². The fourth-order valence-electron chi connectivity index (χ4n) is 4.50. The minimum Gasteiger partial charge on any atom is -0.489 e. The molecule has 0 aliphatic carbocycles. The van der Waals surface area contributed by atoms with Gasteiger partial charge in [0, 0.05) is 13.1 Å². The van der Waals surface area contributed by atoms with Crippen LogP contribution in [0, 0.1) is 17.5 Å². The first-order valence-electron chi connectivity index (χ1n) is 13.5. The van der Waals surface area contributed by atoms with Gasteiger partial charge in [0.15, 0.2) is 23.1 Å². The standard InChI is InChI=1S/C19H18ClF2NO3.C11H11ClFNO3/c1-2-25-19(24)16-17(22)14(20)11-15-18(16)26-10-9-23(15)8-7-12-3-5-13(21)6-4-12;1-2-16-11(15)8-9(13)6(12)5-7-10(8)17-4-3-14-7/h3-6,11H,2,7-10H2,1H3;5,14H,2-4H2,1H3. The molecule has 1 N–H and O–H groups in total. The van der Waals surface area contributed by atoms with E-state index in [1.54, 1.807) is 26.0 Å². The third-order valence-corrected chi connectivity index (χ3v) is 7.03. The van der Waals surface area contributed by atoms with E-state index in [9.17, 15) is 22.8 Å². The first kappa shape index (κ1) is 32.1. The molecule has 0 aromatic heterocycles. The average Bonchev–Trinajstić information content (AvgIpc) is 2.99. The highest BCUT2D eigenvalue weighted by Gasteiger charge is 2.30. The number of ether oxygens (including phenoxy) is 4. The molecule has 3 aromatic rings. The normalized spacial score (nSPS) is 13.2. The van der Waals surface area contributed by atoms with Gasteiger partial charge in [0.05, 0.1) is 41.2 Å². The van der Waals surface area contributed by atoms with Crippen molar-refractivity contribution >= 4 is 46.5 Å². The zero-order valence-electron chi connectivity index (χ0n) is 23.4. The summed E-state index contributed by atoms with van der Waals surface area (Å²) in [6.45, 7) is 5.97. The molecule has 13 heteroatoms. The Bertz CT molecular complexity index is 1490.